The lowest BCUT2D eigenvalue weighted by Crippen LogP contribution is -2.46. The van der Waals surface area contributed by atoms with Crippen LogP contribution in [0.2, 0.25) is 0 Å². The van der Waals surface area contributed by atoms with Crippen LogP contribution in [0.25, 0.3) is 0 Å². The van der Waals surface area contributed by atoms with Crippen LogP contribution in [-0.4, -0.2) is 18.8 Å². The zero-order valence-corrected chi connectivity index (χ0v) is 13.7. The van der Waals surface area contributed by atoms with Gasteiger partial charge in [0.15, 0.2) is 0 Å². The molecular weight excluding hydrogens is 244 g/mol. The fraction of sp³-hybridized carbons (Fsp3) is 0.556. The van der Waals surface area contributed by atoms with Crippen molar-refractivity contribution in [2.24, 2.45) is 5.92 Å². The molecule has 0 aromatic heterocycles. The van der Waals surface area contributed by atoms with Gasteiger partial charge in [-0.15, -0.1) is 0 Å². The molecule has 2 atom stereocenters. The van der Waals surface area contributed by atoms with Crippen molar-refractivity contribution in [1.29, 1.82) is 0 Å². The van der Waals surface area contributed by atoms with E-state index in [0.717, 1.165) is 6.54 Å². The maximum atomic E-state index is 2.56. The molecule has 1 aromatic rings. The Labute approximate surface area is 124 Å². The summed E-state index contributed by atoms with van der Waals surface area (Å²) in [6, 6.07) is 9.22. The second-order valence-corrected chi connectivity index (χ2v) is 5.93. The van der Waals surface area contributed by atoms with Crippen LogP contribution >= 0.6 is 0 Å². The van der Waals surface area contributed by atoms with Gasteiger partial charge in [-0.05, 0) is 51.3 Å². The molecule has 0 fully saturated rings. The first-order chi connectivity index (χ1) is 9.52. The monoisotopic (exact) mass is 272 g/mol. The molecule has 0 aliphatic carbocycles. The summed E-state index contributed by atoms with van der Waals surface area (Å²) in [6.45, 7) is 14.7. The summed E-state index contributed by atoms with van der Waals surface area (Å²) in [7, 11) is 0. The molecule has 1 heterocycles. The molecule has 0 radical (unpaired) electrons. The minimum atomic E-state index is 0.418. The maximum absolute atomic E-state index is 2.56. The van der Waals surface area contributed by atoms with Gasteiger partial charge in [0.25, 0.3) is 0 Å². The fourth-order valence-electron chi connectivity index (χ4n) is 3.66. The van der Waals surface area contributed by atoms with Gasteiger partial charge in [-0.2, -0.15) is 0 Å². The number of fused-ring (bicyclic) bond motifs is 1. The molecule has 0 bridgehead atoms. The van der Waals surface area contributed by atoms with Gasteiger partial charge in [-0.1, -0.05) is 32.1 Å². The highest BCUT2D eigenvalue weighted by Crippen LogP contribution is 2.41. The number of benzene rings is 1. The number of anilines is 2. The molecule has 2 unspecified atom stereocenters. The van der Waals surface area contributed by atoms with Gasteiger partial charge in [0, 0.05) is 12.6 Å². The van der Waals surface area contributed by atoms with Crippen molar-refractivity contribution in [2.45, 2.75) is 53.8 Å². The van der Waals surface area contributed by atoms with Gasteiger partial charge in [0.05, 0.1) is 17.5 Å². The molecule has 110 valence electrons. The first kappa shape index (κ1) is 15.0. The van der Waals surface area contributed by atoms with Crippen LogP contribution in [0.15, 0.2) is 35.9 Å². The maximum Gasteiger partial charge on any atom is 0.0993 e. The third-order valence-corrected chi connectivity index (χ3v) is 4.56. The Balaban J connectivity index is 2.42. The van der Waals surface area contributed by atoms with Crippen molar-refractivity contribution in [3.63, 3.8) is 0 Å². The minimum Gasteiger partial charge on any atom is -0.350 e. The third kappa shape index (κ3) is 2.32. The van der Waals surface area contributed by atoms with E-state index < -0.39 is 0 Å². The standard InChI is InChI=1S/C18H28N2/c1-7-16(13(3)4)14(5)20-15(6)19(8-2)17-11-9-10-12-18(17)20/h7,9-15H,8H2,1-6H3/b16-7-. The smallest absolute Gasteiger partial charge is 0.0993 e. The molecule has 1 aromatic carbocycles. The number of hydrogen-bond acceptors (Lipinski definition) is 2. The van der Waals surface area contributed by atoms with Crippen LogP contribution in [0.5, 0.6) is 0 Å². The van der Waals surface area contributed by atoms with Gasteiger partial charge >= 0.3 is 0 Å². The summed E-state index contributed by atoms with van der Waals surface area (Å²) >= 11 is 0. The molecule has 20 heavy (non-hydrogen) atoms. The van der Waals surface area contributed by atoms with E-state index >= 15 is 0 Å². The number of hydrogen-bond donors (Lipinski definition) is 0. The highest BCUT2D eigenvalue weighted by Gasteiger charge is 2.35. The molecule has 1 aliphatic heterocycles. The van der Waals surface area contributed by atoms with Gasteiger partial charge in [0.2, 0.25) is 0 Å². The second-order valence-electron chi connectivity index (χ2n) is 5.93. The van der Waals surface area contributed by atoms with E-state index in [2.05, 4.69) is 81.7 Å². The summed E-state index contributed by atoms with van der Waals surface area (Å²) in [4.78, 5) is 5.05. The van der Waals surface area contributed by atoms with E-state index in [1.165, 1.54) is 16.9 Å². The van der Waals surface area contributed by atoms with E-state index in [1.54, 1.807) is 0 Å². The van der Waals surface area contributed by atoms with Gasteiger partial charge in [-0.3, -0.25) is 0 Å². The largest absolute Gasteiger partial charge is 0.350 e. The molecule has 0 spiro atoms. The van der Waals surface area contributed by atoms with Crippen LogP contribution in [0.3, 0.4) is 0 Å². The molecule has 2 rings (SSSR count). The SMILES string of the molecule is C/C=C(/C(C)C)C(C)N1c2ccccc2N(CC)C1C. The number of allylic oxidation sites excluding steroid dienone is 1. The highest BCUT2D eigenvalue weighted by molar-refractivity contribution is 5.78. The summed E-state index contributed by atoms with van der Waals surface area (Å²) in [5.74, 6) is 0.588. The molecule has 0 saturated carbocycles. The Hall–Kier alpha value is -1.44. The number of rotatable bonds is 4. The first-order valence-corrected chi connectivity index (χ1v) is 7.83. The lowest BCUT2D eigenvalue weighted by Gasteiger charge is -2.36. The van der Waals surface area contributed by atoms with Crippen molar-refractivity contribution in [3.05, 3.63) is 35.9 Å². The predicted octanol–water partition coefficient (Wildman–Crippen LogP) is 4.67. The Morgan fingerprint density at radius 1 is 1.20 bits per heavy atom. The quantitative estimate of drug-likeness (QED) is 0.735. The second kappa shape index (κ2) is 5.90. The molecule has 2 nitrogen and oxygen atoms in total. The Morgan fingerprint density at radius 3 is 2.30 bits per heavy atom. The van der Waals surface area contributed by atoms with E-state index in [-0.39, 0.29) is 0 Å². The van der Waals surface area contributed by atoms with Crippen molar-refractivity contribution in [2.75, 3.05) is 16.3 Å². The molecule has 0 amide bonds. The minimum absolute atomic E-state index is 0.418. The van der Waals surface area contributed by atoms with Crippen molar-refractivity contribution >= 4 is 11.4 Å². The summed E-state index contributed by atoms with van der Waals surface area (Å²) in [5.41, 5.74) is 4.26. The van der Waals surface area contributed by atoms with Crippen molar-refractivity contribution in [3.8, 4) is 0 Å². The zero-order valence-electron chi connectivity index (χ0n) is 13.7. The van der Waals surface area contributed by atoms with E-state index in [0.29, 0.717) is 18.1 Å². The van der Waals surface area contributed by atoms with Gasteiger partial charge < -0.3 is 9.80 Å². The molecule has 2 heteroatoms. The topological polar surface area (TPSA) is 6.48 Å². The average Bonchev–Trinajstić information content (AvgIpc) is 2.70. The number of nitrogens with zero attached hydrogens (tertiary/aromatic N) is 2. The van der Waals surface area contributed by atoms with Gasteiger partial charge in [-0.25, -0.2) is 0 Å². The van der Waals surface area contributed by atoms with E-state index in [1.807, 2.05) is 0 Å². The van der Waals surface area contributed by atoms with Crippen LogP contribution in [0, 0.1) is 5.92 Å². The molecular formula is C18H28N2. The Kier molecular flexibility index (Phi) is 4.42. The fourth-order valence-corrected chi connectivity index (χ4v) is 3.66. The Bertz CT molecular complexity index is 490. The van der Waals surface area contributed by atoms with Crippen LogP contribution in [-0.2, 0) is 0 Å². The van der Waals surface area contributed by atoms with E-state index in [4.69, 9.17) is 0 Å². The van der Waals surface area contributed by atoms with Crippen LogP contribution in [0.4, 0.5) is 11.4 Å². The molecule has 0 N–H and O–H groups in total. The van der Waals surface area contributed by atoms with Crippen LogP contribution < -0.4 is 9.80 Å². The summed E-state index contributed by atoms with van der Waals surface area (Å²) in [5, 5.41) is 0. The van der Waals surface area contributed by atoms with Gasteiger partial charge in [0.1, 0.15) is 0 Å². The summed E-state index contributed by atoms with van der Waals surface area (Å²) < 4.78 is 0. The lowest BCUT2D eigenvalue weighted by atomic mass is 9.95. The summed E-state index contributed by atoms with van der Waals surface area (Å²) in [6.07, 6.45) is 2.71. The average molecular weight is 272 g/mol. The Morgan fingerprint density at radius 2 is 1.80 bits per heavy atom. The molecule has 1 aliphatic rings. The number of para-hydroxylation sites is 2. The first-order valence-electron chi connectivity index (χ1n) is 7.83. The predicted molar refractivity (Wildman–Crippen MR) is 89.5 cm³/mol. The highest BCUT2D eigenvalue weighted by atomic mass is 15.4. The lowest BCUT2D eigenvalue weighted by molar-refractivity contribution is 0.556. The van der Waals surface area contributed by atoms with Crippen molar-refractivity contribution in [1.82, 2.24) is 0 Å². The molecule has 0 saturated heterocycles. The normalized spacial score (nSPS) is 20.6. The van der Waals surface area contributed by atoms with E-state index in [9.17, 15) is 0 Å². The van der Waals surface area contributed by atoms with Crippen LogP contribution in [0.1, 0.15) is 41.5 Å². The van der Waals surface area contributed by atoms with Crippen molar-refractivity contribution < 1.29 is 0 Å². The third-order valence-electron chi connectivity index (χ3n) is 4.56. The zero-order chi connectivity index (χ0) is 14.9.